The Labute approximate surface area is 163 Å². The Morgan fingerprint density at radius 2 is 1.93 bits per heavy atom. The Hall–Kier alpha value is -2.35. The summed E-state index contributed by atoms with van der Waals surface area (Å²) in [7, 11) is 4.08. The first kappa shape index (κ1) is 18.0. The van der Waals surface area contributed by atoms with Gasteiger partial charge in [0, 0.05) is 37.8 Å². The lowest BCUT2D eigenvalue weighted by Crippen LogP contribution is -2.17. The van der Waals surface area contributed by atoms with Gasteiger partial charge >= 0.3 is 0 Å². The highest BCUT2D eigenvalue weighted by atomic mass is 32.2. The van der Waals surface area contributed by atoms with E-state index in [0.29, 0.717) is 0 Å². The standard InChI is InChI=1S/C20H23N5OS/c1-24(2)16-10-8-15(9-11-16)19-21-12-18(26-19)13-27-20-23-22-14-25(20)17-6-4-3-5-7-17/h3-11,14,18-19,21H,12-13H2,1-2H3/t18-,19-/m1/s1. The Kier molecular flexibility index (Phi) is 5.42. The van der Waals surface area contributed by atoms with Crippen LogP contribution in [0.2, 0.25) is 0 Å². The molecule has 3 aromatic rings. The third kappa shape index (κ3) is 4.16. The summed E-state index contributed by atoms with van der Waals surface area (Å²) in [4.78, 5) is 2.09. The first-order valence-electron chi connectivity index (χ1n) is 8.95. The molecule has 0 spiro atoms. The maximum atomic E-state index is 6.19. The first-order chi connectivity index (χ1) is 13.2. The predicted octanol–water partition coefficient (Wildman–Crippen LogP) is 3.11. The monoisotopic (exact) mass is 381 g/mol. The van der Waals surface area contributed by atoms with E-state index in [2.05, 4.69) is 56.8 Å². The average Bonchev–Trinajstić information content (AvgIpc) is 3.36. The largest absolute Gasteiger partial charge is 0.378 e. The molecule has 1 aromatic heterocycles. The van der Waals surface area contributed by atoms with Gasteiger partial charge in [-0.15, -0.1) is 10.2 Å². The van der Waals surface area contributed by atoms with E-state index in [4.69, 9.17) is 4.74 Å². The molecule has 1 aliphatic heterocycles. The van der Waals surface area contributed by atoms with Crippen molar-refractivity contribution < 1.29 is 4.74 Å². The topological polar surface area (TPSA) is 55.2 Å². The Balaban J connectivity index is 1.35. The van der Waals surface area contributed by atoms with Crippen LogP contribution in [0, 0.1) is 0 Å². The van der Waals surface area contributed by atoms with E-state index >= 15 is 0 Å². The number of rotatable bonds is 6. The van der Waals surface area contributed by atoms with Crippen molar-refractivity contribution >= 4 is 17.4 Å². The van der Waals surface area contributed by atoms with Gasteiger partial charge in [-0.2, -0.15) is 0 Å². The summed E-state index contributed by atoms with van der Waals surface area (Å²) in [5.41, 5.74) is 3.40. The number of nitrogens with zero attached hydrogens (tertiary/aromatic N) is 4. The quantitative estimate of drug-likeness (QED) is 0.662. The smallest absolute Gasteiger partial charge is 0.195 e. The molecule has 2 atom stereocenters. The van der Waals surface area contributed by atoms with Crippen molar-refractivity contribution in [2.45, 2.75) is 17.5 Å². The van der Waals surface area contributed by atoms with Crippen LogP contribution in [0.25, 0.3) is 5.69 Å². The molecule has 140 valence electrons. The molecule has 2 heterocycles. The minimum absolute atomic E-state index is 0.0567. The molecule has 4 rings (SSSR count). The minimum Gasteiger partial charge on any atom is -0.378 e. The number of para-hydroxylation sites is 1. The second-order valence-electron chi connectivity index (χ2n) is 6.66. The van der Waals surface area contributed by atoms with Gasteiger partial charge in [0.1, 0.15) is 12.6 Å². The zero-order valence-corrected chi connectivity index (χ0v) is 16.3. The molecule has 0 amide bonds. The van der Waals surface area contributed by atoms with Crippen molar-refractivity contribution in [2.24, 2.45) is 0 Å². The van der Waals surface area contributed by atoms with E-state index < -0.39 is 0 Å². The van der Waals surface area contributed by atoms with E-state index in [9.17, 15) is 0 Å². The van der Waals surface area contributed by atoms with E-state index in [0.717, 1.165) is 28.7 Å². The zero-order chi connectivity index (χ0) is 18.6. The van der Waals surface area contributed by atoms with Crippen LogP contribution >= 0.6 is 11.8 Å². The highest BCUT2D eigenvalue weighted by molar-refractivity contribution is 7.99. The van der Waals surface area contributed by atoms with Gasteiger partial charge in [-0.1, -0.05) is 42.1 Å². The minimum atomic E-state index is -0.0567. The lowest BCUT2D eigenvalue weighted by Gasteiger charge is -2.16. The molecular formula is C20H23N5OS. The van der Waals surface area contributed by atoms with Crippen LogP contribution in [-0.2, 0) is 4.74 Å². The molecule has 7 heteroatoms. The summed E-state index contributed by atoms with van der Waals surface area (Å²) in [5.74, 6) is 0.824. The number of aromatic nitrogens is 3. The van der Waals surface area contributed by atoms with E-state index in [1.165, 1.54) is 5.69 Å². The van der Waals surface area contributed by atoms with Crippen LogP contribution in [0.15, 0.2) is 66.1 Å². The molecule has 1 saturated heterocycles. The summed E-state index contributed by atoms with van der Waals surface area (Å²) in [6.45, 7) is 0.826. The maximum Gasteiger partial charge on any atom is 0.195 e. The number of thioether (sulfide) groups is 1. The number of ether oxygens (including phenoxy) is 1. The molecule has 0 saturated carbocycles. The van der Waals surface area contributed by atoms with Gasteiger partial charge in [0.2, 0.25) is 0 Å². The normalized spacial score (nSPS) is 19.3. The number of anilines is 1. The lowest BCUT2D eigenvalue weighted by atomic mass is 10.2. The Morgan fingerprint density at radius 1 is 1.15 bits per heavy atom. The highest BCUT2D eigenvalue weighted by Gasteiger charge is 2.26. The average molecular weight is 382 g/mol. The van der Waals surface area contributed by atoms with Crippen LogP contribution in [-0.4, -0.2) is 47.3 Å². The van der Waals surface area contributed by atoms with Crippen molar-refractivity contribution in [3.05, 3.63) is 66.5 Å². The fourth-order valence-electron chi connectivity index (χ4n) is 3.03. The van der Waals surface area contributed by atoms with Gasteiger partial charge in [0.15, 0.2) is 5.16 Å². The molecule has 0 bridgehead atoms. The van der Waals surface area contributed by atoms with Gasteiger partial charge in [0.05, 0.1) is 6.10 Å². The number of hydrogen-bond acceptors (Lipinski definition) is 6. The van der Waals surface area contributed by atoms with Crippen LogP contribution in [0.4, 0.5) is 5.69 Å². The summed E-state index contributed by atoms with van der Waals surface area (Å²) >= 11 is 1.67. The first-order valence-corrected chi connectivity index (χ1v) is 9.93. The van der Waals surface area contributed by atoms with Crippen molar-refractivity contribution in [1.29, 1.82) is 0 Å². The SMILES string of the molecule is CN(C)c1ccc([C@@H]2NC[C@H](CSc3nncn3-c3ccccc3)O2)cc1. The molecule has 0 radical (unpaired) electrons. The molecular weight excluding hydrogens is 358 g/mol. The number of nitrogens with one attached hydrogen (secondary N) is 1. The van der Waals surface area contributed by atoms with Gasteiger partial charge < -0.3 is 9.64 Å². The van der Waals surface area contributed by atoms with Crippen LogP contribution in [0.1, 0.15) is 11.8 Å². The summed E-state index contributed by atoms with van der Waals surface area (Å²) < 4.78 is 8.19. The van der Waals surface area contributed by atoms with Gasteiger partial charge in [-0.25, -0.2) is 0 Å². The van der Waals surface area contributed by atoms with Crippen molar-refractivity contribution in [1.82, 2.24) is 20.1 Å². The summed E-state index contributed by atoms with van der Waals surface area (Å²) in [5, 5.41) is 12.6. The van der Waals surface area contributed by atoms with Gasteiger partial charge in [-0.05, 0) is 29.8 Å². The van der Waals surface area contributed by atoms with Crippen molar-refractivity contribution in [3.8, 4) is 5.69 Å². The van der Waals surface area contributed by atoms with Crippen LogP contribution in [0.5, 0.6) is 0 Å². The van der Waals surface area contributed by atoms with Crippen LogP contribution < -0.4 is 10.2 Å². The molecule has 1 aliphatic rings. The number of benzene rings is 2. The lowest BCUT2D eigenvalue weighted by molar-refractivity contribution is 0.0534. The fraction of sp³-hybridized carbons (Fsp3) is 0.300. The molecule has 2 aromatic carbocycles. The van der Waals surface area contributed by atoms with Crippen LogP contribution in [0.3, 0.4) is 0 Å². The molecule has 1 N–H and O–H groups in total. The predicted molar refractivity (Wildman–Crippen MR) is 108 cm³/mol. The second kappa shape index (κ2) is 8.12. The Morgan fingerprint density at radius 3 is 2.67 bits per heavy atom. The maximum absolute atomic E-state index is 6.19. The zero-order valence-electron chi connectivity index (χ0n) is 15.4. The second-order valence-corrected chi connectivity index (χ2v) is 7.65. The third-order valence-electron chi connectivity index (χ3n) is 4.52. The molecule has 27 heavy (non-hydrogen) atoms. The summed E-state index contributed by atoms with van der Waals surface area (Å²) in [6, 6.07) is 18.6. The van der Waals surface area contributed by atoms with Crippen molar-refractivity contribution in [2.75, 3.05) is 31.3 Å². The highest BCUT2D eigenvalue weighted by Crippen LogP contribution is 2.27. The van der Waals surface area contributed by atoms with E-state index in [1.807, 2.05) is 36.9 Å². The number of hydrogen-bond donors (Lipinski definition) is 1. The molecule has 6 nitrogen and oxygen atoms in total. The molecule has 0 aliphatic carbocycles. The third-order valence-corrected chi connectivity index (χ3v) is 5.60. The van der Waals surface area contributed by atoms with Crippen molar-refractivity contribution in [3.63, 3.8) is 0 Å². The molecule has 0 unspecified atom stereocenters. The fourth-order valence-corrected chi connectivity index (χ4v) is 3.95. The summed E-state index contributed by atoms with van der Waals surface area (Å²) in [6.07, 6.45) is 1.83. The van der Waals surface area contributed by atoms with E-state index in [1.54, 1.807) is 18.1 Å². The van der Waals surface area contributed by atoms with Gasteiger partial charge in [-0.3, -0.25) is 9.88 Å². The van der Waals surface area contributed by atoms with E-state index in [-0.39, 0.29) is 12.3 Å². The van der Waals surface area contributed by atoms with Gasteiger partial charge in [0.25, 0.3) is 0 Å². The molecule has 1 fully saturated rings. The Bertz CT molecular complexity index is 866.